The van der Waals surface area contributed by atoms with Crippen molar-refractivity contribution in [2.45, 2.75) is 6.92 Å². The van der Waals surface area contributed by atoms with Crippen LogP contribution >= 0.6 is 0 Å². The molecule has 0 bridgehead atoms. The van der Waals surface area contributed by atoms with Crippen LogP contribution in [0, 0.1) is 17.0 Å². The number of benzene rings is 1. The number of anilines is 1. The van der Waals surface area contributed by atoms with E-state index in [-0.39, 0.29) is 11.6 Å². The first kappa shape index (κ1) is 11.8. The normalized spacial score (nSPS) is 10.1. The number of hydrogen-bond donors (Lipinski definition) is 2. The third-order valence-electron chi connectivity index (χ3n) is 2.39. The number of amides is 1. The highest BCUT2D eigenvalue weighted by Crippen LogP contribution is 2.18. The molecular weight excluding hydrogens is 236 g/mol. The standard InChI is InChI=1S/C11H10N4O3/c1-7-10(6-12-14-7)11(16)13-8-3-2-4-9(5-8)15(17)18/h2-6H,1H3,(H,12,14)(H,13,16). The van der Waals surface area contributed by atoms with Gasteiger partial charge in [0, 0.05) is 23.5 Å². The number of carbonyl (C=O) groups is 1. The third kappa shape index (κ3) is 2.34. The molecule has 0 aliphatic heterocycles. The van der Waals surface area contributed by atoms with E-state index in [0.29, 0.717) is 16.9 Å². The van der Waals surface area contributed by atoms with Crippen LogP contribution in [0.15, 0.2) is 30.5 Å². The SMILES string of the molecule is Cc1[nH]ncc1C(=O)Nc1cccc([N+](=O)[O-])c1. The van der Waals surface area contributed by atoms with Gasteiger partial charge in [-0.15, -0.1) is 0 Å². The van der Waals surface area contributed by atoms with E-state index in [9.17, 15) is 14.9 Å². The summed E-state index contributed by atoms with van der Waals surface area (Å²) in [6, 6.07) is 5.75. The van der Waals surface area contributed by atoms with Crippen LogP contribution < -0.4 is 5.32 Å². The molecule has 0 aliphatic carbocycles. The van der Waals surface area contributed by atoms with Crippen LogP contribution in [0.3, 0.4) is 0 Å². The van der Waals surface area contributed by atoms with Crippen molar-refractivity contribution < 1.29 is 9.72 Å². The Morgan fingerprint density at radius 1 is 1.50 bits per heavy atom. The zero-order valence-corrected chi connectivity index (χ0v) is 9.51. The molecule has 18 heavy (non-hydrogen) atoms. The Kier molecular flexibility index (Phi) is 3.05. The van der Waals surface area contributed by atoms with E-state index in [1.54, 1.807) is 13.0 Å². The smallest absolute Gasteiger partial charge is 0.271 e. The Morgan fingerprint density at radius 2 is 2.28 bits per heavy atom. The average Bonchev–Trinajstić information content (AvgIpc) is 2.76. The highest BCUT2D eigenvalue weighted by molar-refractivity contribution is 6.04. The maximum Gasteiger partial charge on any atom is 0.271 e. The highest BCUT2D eigenvalue weighted by Gasteiger charge is 2.12. The first-order valence-corrected chi connectivity index (χ1v) is 5.13. The summed E-state index contributed by atoms with van der Waals surface area (Å²) in [6.45, 7) is 1.72. The first-order chi connectivity index (χ1) is 8.58. The van der Waals surface area contributed by atoms with E-state index in [1.165, 1.54) is 24.4 Å². The van der Waals surface area contributed by atoms with Gasteiger partial charge in [-0.05, 0) is 13.0 Å². The van der Waals surface area contributed by atoms with Gasteiger partial charge in [-0.25, -0.2) is 0 Å². The molecule has 0 unspecified atom stereocenters. The fourth-order valence-electron chi connectivity index (χ4n) is 1.48. The number of H-pyrrole nitrogens is 1. The predicted octanol–water partition coefficient (Wildman–Crippen LogP) is 1.88. The lowest BCUT2D eigenvalue weighted by Crippen LogP contribution is -2.12. The van der Waals surface area contributed by atoms with E-state index in [2.05, 4.69) is 15.5 Å². The Bertz CT molecular complexity index is 606. The molecule has 7 heteroatoms. The topological polar surface area (TPSA) is 101 Å². The van der Waals surface area contributed by atoms with Gasteiger partial charge >= 0.3 is 0 Å². The molecule has 92 valence electrons. The lowest BCUT2D eigenvalue weighted by atomic mass is 10.2. The molecule has 0 aliphatic rings. The molecule has 0 radical (unpaired) electrons. The number of non-ortho nitro benzene ring substituents is 1. The lowest BCUT2D eigenvalue weighted by Gasteiger charge is -2.03. The number of nitro groups is 1. The van der Waals surface area contributed by atoms with E-state index in [4.69, 9.17) is 0 Å². The van der Waals surface area contributed by atoms with Crippen LogP contribution in [-0.2, 0) is 0 Å². The van der Waals surface area contributed by atoms with E-state index < -0.39 is 4.92 Å². The predicted molar refractivity (Wildman–Crippen MR) is 64.4 cm³/mol. The van der Waals surface area contributed by atoms with Crippen molar-refractivity contribution in [3.8, 4) is 0 Å². The van der Waals surface area contributed by atoms with Gasteiger partial charge in [0.15, 0.2) is 0 Å². The van der Waals surface area contributed by atoms with Crippen molar-refractivity contribution in [1.82, 2.24) is 10.2 Å². The molecule has 0 saturated carbocycles. The molecule has 2 aromatic rings. The second kappa shape index (κ2) is 4.66. The summed E-state index contributed by atoms with van der Waals surface area (Å²) in [5.41, 5.74) is 1.34. The Morgan fingerprint density at radius 3 is 2.89 bits per heavy atom. The number of carbonyl (C=O) groups excluding carboxylic acids is 1. The molecule has 0 atom stereocenters. The number of nitrogens with one attached hydrogen (secondary N) is 2. The van der Waals surface area contributed by atoms with Gasteiger partial charge in [-0.3, -0.25) is 20.0 Å². The maximum absolute atomic E-state index is 11.8. The van der Waals surface area contributed by atoms with Crippen molar-refractivity contribution >= 4 is 17.3 Å². The number of aryl methyl sites for hydroxylation is 1. The quantitative estimate of drug-likeness (QED) is 0.637. The summed E-state index contributed by atoms with van der Waals surface area (Å²) in [7, 11) is 0. The first-order valence-electron chi connectivity index (χ1n) is 5.13. The van der Waals surface area contributed by atoms with Crippen LogP contribution in [0.2, 0.25) is 0 Å². The maximum atomic E-state index is 11.8. The fraction of sp³-hybridized carbons (Fsp3) is 0.0909. The number of aromatic nitrogens is 2. The Hall–Kier alpha value is -2.70. The molecule has 2 rings (SSSR count). The summed E-state index contributed by atoms with van der Waals surface area (Å²) >= 11 is 0. The number of aromatic amines is 1. The molecule has 7 nitrogen and oxygen atoms in total. The number of hydrogen-bond acceptors (Lipinski definition) is 4. The van der Waals surface area contributed by atoms with Crippen LogP contribution in [0.5, 0.6) is 0 Å². The van der Waals surface area contributed by atoms with E-state index in [0.717, 1.165) is 0 Å². The van der Waals surface area contributed by atoms with Crippen molar-refractivity contribution in [1.29, 1.82) is 0 Å². The van der Waals surface area contributed by atoms with Gasteiger partial charge < -0.3 is 5.32 Å². The van der Waals surface area contributed by atoms with Crippen molar-refractivity contribution in [2.24, 2.45) is 0 Å². The zero-order chi connectivity index (χ0) is 13.1. The van der Waals surface area contributed by atoms with Crippen LogP contribution in [-0.4, -0.2) is 21.0 Å². The average molecular weight is 246 g/mol. The van der Waals surface area contributed by atoms with Crippen molar-refractivity contribution in [3.05, 3.63) is 51.8 Å². The summed E-state index contributed by atoms with van der Waals surface area (Å²) in [5, 5.41) is 19.6. The number of nitro benzene ring substituents is 1. The van der Waals surface area contributed by atoms with Crippen LogP contribution in [0.1, 0.15) is 16.1 Å². The van der Waals surface area contributed by atoms with Gasteiger partial charge in [0.1, 0.15) is 0 Å². The minimum Gasteiger partial charge on any atom is -0.322 e. The number of nitrogens with zero attached hydrogens (tertiary/aromatic N) is 2. The molecule has 1 heterocycles. The van der Waals surface area contributed by atoms with E-state index in [1.807, 2.05) is 0 Å². The van der Waals surface area contributed by atoms with E-state index >= 15 is 0 Å². The minimum atomic E-state index is -0.515. The Balaban J connectivity index is 2.20. The molecule has 0 spiro atoms. The number of rotatable bonds is 3. The molecule has 1 aromatic heterocycles. The van der Waals surface area contributed by atoms with Crippen molar-refractivity contribution in [3.63, 3.8) is 0 Å². The minimum absolute atomic E-state index is 0.0725. The van der Waals surface area contributed by atoms with Gasteiger partial charge in [0.2, 0.25) is 0 Å². The van der Waals surface area contributed by atoms with Gasteiger partial charge in [0.25, 0.3) is 11.6 Å². The second-order valence-corrected chi connectivity index (χ2v) is 3.67. The Labute approximate surface area is 102 Å². The van der Waals surface area contributed by atoms with Crippen LogP contribution in [0.25, 0.3) is 0 Å². The molecule has 1 amide bonds. The van der Waals surface area contributed by atoms with Gasteiger partial charge in [0.05, 0.1) is 16.7 Å². The monoisotopic (exact) mass is 246 g/mol. The molecule has 1 aromatic carbocycles. The second-order valence-electron chi connectivity index (χ2n) is 3.67. The molecule has 0 saturated heterocycles. The summed E-state index contributed by atoms with van der Waals surface area (Å²) in [4.78, 5) is 21.9. The molecule has 2 N–H and O–H groups in total. The summed E-state index contributed by atoms with van der Waals surface area (Å²) in [5.74, 6) is -0.359. The third-order valence-corrected chi connectivity index (χ3v) is 2.39. The van der Waals surface area contributed by atoms with Crippen LogP contribution in [0.4, 0.5) is 11.4 Å². The molecular formula is C11H10N4O3. The van der Waals surface area contributed by atoms with Gasteiger partial charge in [-0.1, -0.05) is 6.07 Å². The summed E-state index contributed by atoms with van der Waals surface area (Å²) in [6.07, 6.45) is 1.40. The zero-order valence-electron chi connectivity index (χ0n) is 9.51. The highest BCUT2D eigenvalue weighted by atomic mass is 16.6. The largest absolute Gasteiger partial charge is 0.322 e. The lowest BCUT2D eigenvalue weighted by molar-refractivity contribution is -0.384. The van der Waals surface area contributed by atoms with Gasteiger partial charge in [-0.2, -0.15) is 5.10 Å². The fourth-order valence-corrected chi connectivity index (χ4v) is 1.48. The molecule has 0 fully saturated rings. The van der Waals surface area contributed by atoms with Crippen molar-refractivity contribution in [2.75, 3.05) is 5.32 Å². The summed E-state index contributed by atoms with van der Waals surface area (Å²) < 4.78 is 0.